The van der Waals surface area contributed by atoms with Gasteiger partial charge in [0.1, 0.15) is 17.4 Å². The van der Waals surface area contributed by atoms with E-state index < -0.39 is 5.91 Å². The van der Waals surface area contributed by atoms with E-state index in [-0.39, 0.29) is 5.57 Å². The lowest BCUT2D eigenvalue weighted by Crippen LogP contribution is -2.46. The van der Waals surface area contributed by atoms with Gasteiger partial charge in [-0.1, -0.05) is 11.6 Å². The number of benzene rings is 1. The molecule has 0 radical (unpaired) electrons. The number of halogens is 1. The molecule has 1 aliphatic rings. The van der Waals surface area contributed by atoms with E-state index >= 15 is 0 Å². The van der Waals surface area contributed by atoms with E-state index in [1.54, 1.807) is 18.2 Å². The fourth-order valence-electron chi connectivity index (χ4n) is 2.42. The summed E-state index contributed by atoms with van der Waals surface area (Å²) in [5.74, 6) is 0.159. The number of ether oxygens (including phenoxy) is 1. The molecule has 2 rings (SSSR count). The molecule has 1 aromatic carbocycles. The number of rotatable bonds is 7. The molecule has 3 N–H and O–H groups in total. The average Bonchev–Trinajstić information content (AvgIpc) is 2.63. The van der Waals surface area contributed by atoms with E-state index in [4.69, 9.17) is 16.3 Å². The monoisotopic (exact) mass is 363 g/mol. The van der Waals surface area contributed by atoms with Gasteiger partial charge in [-0.3, -0.25) is 9.69 Å². The van der Waals surface area contributed by atoms with Crippen molar-refractivity contribution in [2.75, 3.05) is 51.7 Å². The number of carbonyl (C=O) groups excluding carboxylic acids is 1. The highest BCUT2D eigenvalue weighted by molar-refractivity contribution is 6.32. The van der Waals surface area contributed by atoms with Gasteiger partial charge in [-0.15, -0.1) is 0 Å². The Morgan fingerprint density at radius 3 is 2.88 bits per heavy atom. The van der Waals surface area contributed by atoms with Crippen LogP contribution in [0.25, 0.3) is 0 Å². The van der Waals surface area contributed by atoms with Crippen molar-refractivity contribution >= 4 is 23.2 Å². The van der Waals surface area contributed by atoms with Crippen molar-refractivity contribution in [3.05, 3.63) is 35.0 Å². The Bertz CT molecular complexity index is 665. The number of amides is 1. The zero-order valence-corrected chi connectivity index (χ0v) is 14.9. The fourth-order valence-corrected chi connectivity index (χ4v) is 2.68. The molecule has 0 atom stereocenters. The van der Waals surface area contributed by atoms with E-state index in [1.807, 2.05) is 6.07 Å². The molecule has 8 heteroatoms. The van der Waals surface area contributed by atoms with Crippen LogP contribution in [0.2, 0.25) is 5.02 Å². The molecule has 0 aliphatic carbocycles. The summed E-state index contributed by atoms with van der Waals surface area (Å²) < 4.78 is 5.08. The van der Waals surface area contributed by atoms with Crippen molar-refractivity contribution in [2.24, 2.45) is 0 Å². The third-order valence-corrected chi connectivity index (χ3v) is 4.12. The first kappa shape index (κ1) is 19.1. The second kappa shape index (κ2) is 9.89. The van der Waals surface area contributed by atoms with Crippen LogP contribution in [0.1, 0.15) is 0 Å². The van der Waals surface area contributed by atoms with Gasteiger partial charge in [-0.2, -0.15) is 5.26 Å². The first-order valence-electron chi connectivity index (χ1n) is 8.05. The molecule has 0 saturated carbocycles. The molecule has 0 bridgehead atoms. The highest BCUT2D eigenvalue weighted by Crippen LogP contribution is 2.27. The van der Waals surface area contributed by atoms with Crippen LogP contribution in [0.5, 0.6) is 5.75 Å². The molecule has 1 saturated heterocycles. The number of nitriles is 1. The van der Waals surface area contributed by atoms with Crippen LogP contribution in [0.4, 0.5) is 5.69 Å². The van der Waals surface area contributed by atoms with Crippen molar-refractivity contribution in [3.63, 3.8) is 0 Å². The normalized spacial score (nSPS) is 15.3. The number of hydrogen-bond donors (Lipinski definition) is 3. The standard InChI is InChI=1S/C17H22ClN5O2/c1-25-16-3-2-14(10-15(16)18)22-12-13(11-19)17(24)21-6-9-23-7-4-20-5-8-23/h2-3,10,12,20,22H,4-9H2,1H3,(H,21,24)/b13-12-. The minimum absolute atomic E-state index is 0.00671. The second-order valence-corrected chi connectivity index (χ2v) is 5.92. The molecular weight excluding hydrogens is 342 g/mol. The zero-order chi connectivity index (χ0) is 18.1. The largest absolute Gasteiger partial charge is 0.495 e. The van der Waals surface area contributed by atoms with Gasteiger partial charge in [0.15, 0.2) is 0 Å². The summed E-state index contributed by atoms with van der Waals surface area (Å²) in [7, 11) is 1.53. The highest BCUT2D eigenvalue weighted by Gasteiger charge is 2.12. The first-order valence-corrected chi connectivity index (χ1v) is 8.43. The molecular formula is C17H22ClN5O2. The van der Waals surface area contributed by atoms with Crippen molar-refractivity contribution in [2.45, 2.75) is 0 Å². The number of nitrogens with zero attached hydrogens (tertiary/aromatic N) is 2. The van der Waals surface area contributed by atoms with E-state index in [2.05, 4.69) is 20.9 Å². The summed E-state index contributed by atoms with van der Waals surface area (Å²) in [5.41, 5.74) is 0.666. The van der Waals surface area contributed by atoms with Crippen LogP contribution in [-0.2, 0) is 4.79 Å². The van der Waals surface area contributed by atoms with Crippen LogP contribution in [0.3, 0.4) is 0 Å². The summed E-state index contributed by atoms with van der Waals surface area (Å²) in [6.45, 7) is 5.14. The first-order chi connectivity index (χ1) is 12.1. The third-order valence-electron chi connectivity index (χ3n) is 3.82. The third kappa shape index (κ3) is 5.94. The van der Waals surface area contributed by atoms with Crippen molar-refractivity contribution in [1.82, 2.24) is 15.5 Å². The molecule has 0 spiro atoms. The van der Waals surface area contributed by atoms with Gasteiger partial charge in [-0.05, 0) is 18.2 Å². The van der Waals surface area contributed by atoms with E-state index in [0.717, 1.165) is 32.7 Å². The maximum Gasteiger partial charge on any atom is 0.263 e. The van der Waals surface area contributed by atoms with Crippen LogP contribution in [0.15, 0.2) is 30.0 Å². The molecule has 1 amide bonds. The lowest BCUT2D eigenvalue weighted by Gasteiger charge is -2.27. The molecule has 1 aromatic rings. The maximum absolute atomic E-state index is 12.1. The van der Waals surface area contributed by atoms with Gasteiger partial charge < -0.3 is 20.7 Å². The second-order valence-electron chi connectivity index (χ2n) is 5.51. The lowest BCUT2D eigenvalue weighted by molar-refractivity contribution is -0.117. The average molecular weight is 364 g/mol. The smallest absolute Gasteiger partial charge is 0.263 e. The molecule has 1 heterocycles. The minimum Gasteiger partial charge on any atom is -0.495 e. The molecule has 1 fully saturated rings. The Labute approximate surface area is 152 Å². The van der Waals surface area contributed by atoms with Gasteiger partial charge >= 0.3 is 0 Å². The number of piperazine rings is 1. The Hall–Kier alpha value is -2.27. The minimum atomic E-state index is -0.398. The molecule has 134 valence electrons. The number of carbonyl (C=O) groups is 1. The summed E-state index contributed by atoms with van der Waals surface area (Å²) in [6, 6.07) is 7.02. The SMILES string of the molecule is COc1ccc(N/C=C(/C#N)C(=O)NCCN2CCNCC2)cc1Cl. The van der Waals surface area contributed by atoms with Crippen LogP contribution in [-0.4, -0.2) is 57.2 Å². The van der Waals surface area contributed by atoms with Crippen molar-refractivity contribution in [1.29, 1.82) is 5.26 Å². The van der Waals surface area contributed by atoms with Gasteiger partial charge in [-0.25, -0.2) is 0 Å². The van der Waals surface area contributed by atoms with Crippen molar-refractivity contribution in [3.8, 4) is 11.8 Å². The van der Waals surface area contributed by atoms with Crippen LogP contribution < -0.4 is 20.7 Å². The predicted octanol–water partition coefficient (Wildman–Crippen LogP) is 1.19. The molecule has 25 heavy (non-hydrogen) atoms. The highest BCUT2D eigenvalue weighted by atomic mass is 35.5. The Kier molecular flexibility index (Phi) is 7.54. The Balaban J connectivity index is 1.85. The molecule has 0 aromatic heterocycles. The zero-order valence-electron chi connectivity index (χ0n) is 14.1. The van der Waals surface area contributed by atoms with E-state index in [9.17, 15) is 10.1 Å². The summed E-state index contributed by atoms with van der Waals surface area (Å²) in [4.78, 5) is 14.4. The van der Waals surface area contributed by atoms with Crippen LogP contribution in [0, 0.1) is 11.3 Å². The topological polar surface area (TPSA) is 89.4 Å². The fraction of sp³-hybridized carbons (Fsp3) is 0.412. The van der Waals surface area contributed by atoms with Gasteiger partial charge in [0, 0.05) is 51.2 Å². The quantitative estimate of drug-likeness (QED) is 0.498. The summed E-state index contributed by atoms with van der Waals surface area (Å²) in [5, 5.41) is 18.6. The van der Waals surface area contributed by atoms with Gasteiger partial charge in [0.2, 0.25) is 0 Å². The van der Waals surface area contributed by atoms with Gasteiger partial charge in [0.05, 0.1) is 12.1 Å². The molecule has 0 unspecified atom stereocenters. The predicted molar refractivity (Wildman–Crippen MR) is 97.6 cm³/mol. The molecule has 1 aliphatic heterocycles. The number of anilines is 1. The van der Waals surface area contributed by atoms with Gasteiger partial charge in [0.25, 0.3) is 5.91 Å². The van der Waals surface area contributed by atoms with Crippen molar-refractivity contribution < 1.29 is 9.53 Å². The summed E-state index contributed by atoms with van der Waals surface area (Å²) in [6.07, 6.45) is 1.37. The van der Waals surface area contributed by atoms with E-state index in [1.165, 1.54) is 13.3 Å². The van der Waals surface area contributed by atoms with Crippen LogP contribution >= 0.6 is 11.6 Å². The summed E-state index contributed by atoms with van der Waals surface area (Å²) >= 11 is 6.04. The number of nitrogens with one attached hydrogen (secondary N) is 3. The lowest BCUT2D eigenvalue weighted by atomic mass is 10.2. The Morgan fingerprint density at radius 1 is 1.48 bits per heavy atom. The number of methoxy groups -OCH3 is 1. The van der Waals surface area contributed by atoms with E-state index in [0.29, 0.717) is 23.0 Å². The number of hydrogen-bond acceptors (Lipinski definition) is 6. The molecule has 7 nitrogen and oxygen atoms in total. The maximum atomic E-state index is 12.1. The Morgan fingerprint density at radius 2 is 2.24 bits per heavy atom.